The summed E-state index contributed by atoms with van der Waals surface area (Å²) < 4.78 is 5.07. The fraction of sp³-hybridized carbons (Fsp3) is 0.200. The average Bonchev–Trinajstić information content (AvgIpc) is 2.74. The van der Waals surface area contributed by atoms with Crippen LogP contribution in [0.2, 0.25) is 5.02 Å². The van der Waals surface area contributed by atoms with E-state index in [0.717, 1.165) is 11.1 Å². The normalized spacial score (nSPS) is 11.5. The van der Waals surface area contributed by atoms with Crippen molar-refractivity contribution in [2.24, 2.45) is 0 Å². The first-order valence-corrected chi connectivity index (χ1v) is 10.8. The maximum atomic E-state index is 12.1. The molecule has 0 spiro atoms. The molecule has 2 N–H and O–H groups in total. The molecule has 0 aliphatic rings. The van der Waals surface area contributed by atoms with Crippen LogP contribution in [0.3, 0.4) is 0 Å². The van der Waals surface area contributed by atoms with Crippen LogP contribution in [0, 0.1) is 13.8 Å². The van der Waals surface area contributed by atoms with E-state index >= 15 is 0 Å². The van der Waals surface area contributed by atoms with Crippen LogP contribution in [0.15, 0.2) is 66.7 Å². The molecule has 4 nitrogen and oxygen atoms in total. The van der Waals surface area contributed by atoms with E-state index in [9.17, 15) is 4.79 Å². The Balaban J connectivity index is 1.85. The highest BCUT2D eigenvalue weighted by Gasteiger charge is 2.18. The van der Waals surface area contributed by atoms with Crippen LogP contribution in [0.25, 0.3) is 0 Å². The van der Waals surface area contributed by atoms with Crippen LogP contribution in [0.1, 0.15) is 45.6 Å². The molecule has 0 bridgehead atoms. The van der Waals surface area contributed by atoms with Crippen molar-refractivity contribution in [1.29, 1.82) is 0 Å². The van der Waals surface area contributed by atoms with Crippen molar-refractivity contribution >= 4 is 40.6 Å². The molecule has 0 aliphatic heterocycles. The van der Waals surface area contributed by atoms with Gasteiger partial charge < -0.3 is 15.4 Å². The first kappa shape index (κ1) is 22.8. The Labute approximate surface area is 193 Å². The van der Waals surface area contributed by atoms with Gasteiger partial charge in [-0.05, 0) is 67.9 Å². The Morgan fingerprint density at radius 2 is 1.81 bits per heavy atom. The van der Waals surface area contributed by atoms with Gasteiger partial charge >= 0.3 is 5.97 Å². The summed E-state index contributed by atoms with van der Waals surface area (Å²) in [7, 11) is 0. The van der Waals surface area contributed by atoms with Gasteiger partial charge in [0.1, 0.15) is 0 Å². The number of thiocarbonyl (C=S) groups is 1. The number of hydrogen-bond acceptors (Lipinski definition) is 3. The Morgan fingerprint density at radius 1 is 1.06 bits per heavy atom. The molecular formula is C25H25ClN2O2S. The molecule has 6 heteroatoms. The van der Waals surface area contributed by atoms with Crippen LogP contribution in [-0.2, 0) is 4.74 Å². The molecule has 160 valence electrons. The highest BCUT2D eigenvalue weighted by Crippen LogP contribution is 2.26. The molecule has 3 aromatic carbocycles. The monoisotopic (exact) mass is 452 g/mol. The van der Waals surface area contributed by atoms with E-state index in [2.05, 4.69) is 54.8 Å². The van der Waals surface area contributed by atoms with Gasteiger partial charge in [-0.3, -0.25) is 0 Å². The van der Waals surface area contributed by atoms with Gasteiger partial charge in [0.05, 0.1) is 23.2 Å². The molecule has 0 saturated heterocycles. The van der Waals surface area contributed by atoms with Crippen LogP contribution in [-0.4, -0.2) is 17.7 Å². The number of aryl methyl sites for hydroxylation is 2. The number of rotatable bonds is 6. The first-order chi connectivity index (χ1) is 14.9. The summed E-state index contributed by atoms with van der Waals surface area (Å²) in [6, 6.07) is 21.5. The van der Waals surface area contributed by atoms with Gasteiger partial charge in [0, 0.05) is 5.69 Å². The summed E-state index contributed by atoms with van der Waals surface area (Å²) in [6.07, 6.45) is 0. The van der Waals surface area contributed by atoms with Crippen molar-refractivity contribution in [2.75, 3.05) is 11.9 Å². The average molecular weight is 453 g/mol. The summed E-state index contributed by atoms with van der Waals surface area (Å²) >= 11 is 11.8. The zero-order valence-electron chi connectivity index (χ0n) is 17.7. The molecule has 3 aromatic rings. The molecule has 0 radical (unpaired) electrons. The van der Waals surface area contributed by atoms with Crippen molar-refractivity contribution in [2.45, 2.75) is 26.8 Å². The third kappa shape index (κ3) is 5.84. The summed E-state index contributed by atoms with van der Waals surface area (Å²) in [5, 5.41) is 7.35. The van der Waals surface area contributed by atoms with Crippen molar-refractivity contribution in [3.63, 3.8) is 0 Å². The lowest BCUT2D eigenvalue weighted by Gasteiger charge is -2.24. The van der Waals surface area contributed by atoms with Gasteiger partial charge in [0.25, 0.3) is 0 Å². The Bertz CT molecular complexity index is 1090. The third-order valence-electron chi connectivity index (χ3n) is 4.86. The molecule has 31 heavy (non-hydrogen) atoms. The van der Waals surface area contributed by atoms with E-state index in [1.54, 1.807) is 25.1 Å². The topological polar surface area (TPSA) is 50.4 Å². The summed E-state index contributed by atoms with van der Waals surface area (Å²) in [4.78, 5) is 12.1. The van der Waals surface area contributed by atoms with Crippen LogP contribution < -0.4 is 10.6 Å². The number of ether oxygens (including phenoxy) is 1. The van der Waals surface area contributed by atoms with Crippen molar-refractivity contribution in [1.82, 2.24) is 5.32 Å². The molecule has 3 rings (SSSR count). The van der Waals surface area contributed by atoms with Crippen LogP contribution in [0.4, 0.5) is 5.69 Å². The largest absolute Gasteiger partial charge is 0.462 e. The fourth-order valence-corrected chi connectivity index (χ4v) is 3.83. The first-order valence-electron chi connectivity index (χ1n) is 10.0. The van der Waals surface area contributed by atoms with Crippen molar-refractivity contribution in [3.8, 4) is 0 Å². The SMILES string of the molecule is CCOC(=O)c1cc(NC(=S)NC(c2ccccc2)c2ccc(C)cc2C)ccc1Cl. The van der Waals surface area contributed by atoms with Gasteiger partial charge in [0.2, 0.25) is 0 Å². The number of esters is 1. The number of anilines is 1. The van der Waals surface area contributed by atoms with Crippen molar-refractivity contribution < 1.29 is 9.53 Å². The lowest BCUT2D eigenvalue weighted by molar-refractivity contribution is 0.0526. The predicted octanol–water partition coefficient (Wildman–Crippen LogP) is 6.21. The Hall–Kier alpha value is -2.89. The molecule has 0 aliphatic carbocycles. The minimum absolute atomic E-state index is 0.126. The lowest BCUT2D eigenvalue weighted by atomic mass is 9.94. The number of hydrogen-bond donors (Lipinski definition) is 2. The lowest BCUT2D eigenvalue weighted by Crippen LogP contribution is -2.33. The van der Waals surface area contributed by atoms with Gasteiger partial charge in [-0.2, -0.15) is 0 Å². The minimum Gasteiger partial charge on any atom is -0.462 e. The molecule has 0 heterocycles. The number of carbonyl (C=O) groups excluding carboxylic acids is 1. The second kappa shape index (κ2) is 10.4. The molecule has 0 saturated carbocycles. The minimum atomic E-state index is -0.465. The van der Waals surface area contributed by atoms with Crippen molar-refractivity contribution in [3.05, 3.63) is 99.6 Å². The highest BCUT2D eigenvalue weighted by atomic mass is 35.5. The maximum Gasteiger partial charge on any atom is 0.339 e. The Kier molecular flexibility index (Phi) is 7.66. The second-order valence-corrected chi connectivity index (χ2v) is 8.03. The molecule has 0 amide bonds. The number of halogens is 1. The molecule has 1 unspecified atom stereocenters. The van der Waals surface area contributed by atoms with E-state index in [1.807, 2.05) is 18.2 Å². The zero-order chi connectivity index (χ0) is 22.4. The van der Waals surface area contributed by atoms with Gasteiger partial charge in [-0.15, -0.1) is 0 Å². The standard InChI is InChI=1S/C25H25ClN2O2S/c1-4-30-24(29)21-15-19(11-13-22(21)26)27-25(31)28-23(18-8-6-5-7-9-18)20-12-10-16(2)14-17(20)3/h5-15,23H,4H2,1-3H3,(H2,27,28,31). The van der Waals surface area contributed by atoms with Crippen LogP contribution >= 0.6 is 23.8 Å². The van der Waals surface area contributed by atoms with E-state index in [1.165, 1.54) is 11.1 Å². The van der Waals surface area contributed by atoms with Gasteiger partial charge in [-0.1, -0.05) is 65.7 Å². The maximum absolute atomic E-state index is 12.1. The van der Waals surface area contributed by atoms with E-state index in [0.29, 0.717) is 21.4 Å². The van der Waals surface area contributed by atoms with Gasteiger partial charge in [0.15, 0.2) is 5.11 Å². The van der Waals surface area contributed by atoms with Gasteiger partial charge in [-0.25, -0.2) is 4.79 Å². The van der Waals surface area contributed by atoms with Crippen LogP contribution in [0.5, 0.6) is 0 Å². The smallest absolute Gasteiger partial charge is 0.339 e. The Morgan fingerprint density at radius 3 is 2.48 bits per heavy atom. The number of nitrogens with one attached hydrogen (secondary N) is 2. The predicted molar refractivity (Wildman–Crippen MR) is 131 cm³/mol. The second-order valence-electron chi connectivity index (χ2n) is 7.22. The molecular weight excluding hydrogens is 428 g/mol. The number of benzene rings is 3. The summed E-state index contributed by atoms with van der Waals surface area (Å²) in [5.41, 5.74) is 5.58. The van der Waals surface area contributed by atoms with E-state index in [-0.39, 0.29) is 12.6 Å². The quantitative estimate of drug-likeness (QED) is 0.344. The van der Waals surface area contributed by atoms with E-state index < -0.39 is 5.97 Å². The third-order valence-corrected chi connectivity index (χ3v) is 5.41. The molecule has 0 fully saturated rings. The molecule has 0 aromatic heterocycles. The number of carbonyl (C=O) groups is 1. The fourth-order valence-electron chi connectivity index (χ4n) is 3.40. The summed E-state index contributed by atoms with van der Waals surface area (Å²) in [6.45, 7) is 6.21. The highest BCUT2D eigenvalue weighted by molar-refractivity contribution is 7.80. The zero-order valence-corrected chi connectivity index (χ0v) is 19.3. The summed E-state index contributed by atoms with van der Waals surface area (Å²) in [5.74, 6) is -0.465. The van der Waals surface area contributed by atoms with E-state index in [4.69, 9.17) is 28.6 Å². The molecule has 1 atom stereocenters.